The van der Waals surface area contributed by atoms with E-state index >= 15 is 0 Å². The largest absolute Gasteiger partial charge is 0.264 e. The molecule has 0 amide bonds. The van der Waals surface area contributed by atoms with Crippen molar-refractivity contribution in [2.75, 3.05) is 0 Å². The smallest absolute Gasteiger partial charge is 0.182 e. The minimum absolute atomic E-state index is 0.644. The van der Waals surface area contributed by atoms with E-state index in [0.717, 1.165) is 42.0 Å². The van der Waals surface area contributed by atoms with Crippen molar-refractivity contribution >= 4 is 0 Å². The molecule has 0 aromatic carbocycles. The zero-order valence-electron chi connectivity index (χ0n) is 13.9. The van der Waals surface area contributed by atoms with Gasteiger partial charge in [0.25, 0.3) is 0 Å². The molecule has 118 valence electrons. The average Bonchev–Trinajstić information content (AvgIpc) is 2.89. The first kappa shape index (κ1) is 15.2. The SMILES string of the molecule is CCC(C)Cc1nc(-c2cccnc2)nn1CC1CC(C)C1. The molecule has 1 unspecified atom stereocenters. The molecule has 0 N–H and O–H groups in total. The summed E-state index contributed by atoms with van der Waals surface area (Å²) in [5.41, 5.74) is 1.01. The van der Waals surface area contributed by atoms with Crippen LogP contribution in [0.3, 0.4) is 0 Å². The van der Waals surface area contributed by atoms with Crippen LogP contribution in [-0.4, -0.2) is 19.7 Å². The maximum Gasteiger partial charge on any atom is 0.182 e. The van der Waals surface area contributed by atoms with Crippen molar-refractivity contribution in [3.63, 3.8) is 0 Å². The lowest BCUT2D eigenvalue weighted by Crippen LogP contribution is -2.27. The minimum Gasteiger partial charge on any atom is -0.264 e. The molecule has 1 atom stereocenters. The van der Waals surface area contributed by atoms with Crippen molar-refractivity contribution in [2.24, 2.45) is 17.8 Å². The van der Waals surface area contributed by atoms with Gasteiger partial charge in [-0.25, -0.2) is 9.67 Å². The molecule has 0 aliphatic heterocycles. The lowest BCUT2D eigenvalue weighted by molar-refractivity contribution is 0.179. The number of pyridine rings is 1. The number of hydrogen-bond acceptors (Lipinski definition) is 3. The van der Waals surface area contributed by atoms with Crippen LogP contribution in [0.25, 0.3) is 11.4 Å². The fraction of sp³-hybridized carbons (Fsp3) is 0.611. The summed E-state index contributed by atoms with van der Waals surface area (Å²) in [6.45, 7) is 7.87. The minimum atomic E-state index is 0.644. The first-order valence-corrected chi connectivity index (χ1v) is 8.49. The van der Waals surface area contributed by atoms with Crippen molar-refractivity contribution < 1.29 is 0 Å². The van der Waals surface area contributed by atoms with E-state index in [0.29, 0.717) is 5.92 Å². The molecule has 2 aromatic heterocycles. The highest BCUT2D eigenvalue weighted by molar-refractivity contribution is 5.52. The predicted octanol–water partition coefficient (Wildman–Crippen LogP) is 3.97. The molecule has 0 bridgehead atoms. The first-order chi connectivity index (χ1) is 10.7. The summed E-state index contributed by atoms with van der Waals surface area (Å²) in [7, 11) is 0. The maximum absolute atomic E-state index is 4.81. The quantitative estimate of drug-likeness (QED) is 0.810. The lowest BCUT2D eigenvalue weighted by atomic mass is 9.76. The topological polar surface area (TPSA) is 43.6 Å². The van der Waals surface area contributed by atoms with Crippen molar-refractivity contribution in [1.29, 1.82) is 0 Å². The standard InChI is InChI=1S/C18H26N4/c1-4-13(2)10-17-20-18(16-6-5-7-19-11-16)21-22(17)12-15-8-14(3)9-15/h5-7,11,13-15H,4,8-10,12H2,1-3H3. The molecule has 4 heteroatoms. The highest BCUT2D eigenvalue weighted by atomic mass is 15.3. The van der Waals surface area contributed by atoms with Crippen LogP contribution >= 0.6 is 0 Å². The Morgan fingerprint density at radius 3 is 2.82 bits per heavy atom. The second kappa shape index (κ2) is 6.59. The van der Waals surface area contributed by atoms with E-state index < -0.39 is 0 Å². The fourth-order valence-electron chi connectivity index (χ4n) is 3.21. The van der Waals surface area contributed by atoms with Gasteiger partial charge in [-0.05, 0) is 42.7 Å². The molecule has 1 fully saturated rings. The number of rotatable bonds is 6. The Kier molecular flexibility index (Phi) is 4.55. The second-order valence-electron chi connectivity index (χ2n) is 6.94. The third-order valence-corrected chi connectivity index (χ3v) is 4.80. The van der Waals surface area contributed by atoms with Gasteiger partial charge in [-0.15, -0.1) is 0 Å². The third-order valence-electron chi connectivity index (χ3n) is 4.80. The summed E-state index contributed by atoms with van der Waals surface area (Å²) < 4.78 is 2.16. The van der Waals surface area contributed by atoms with E-state index in [1.54, 1.807) is 6.20 Å². The molecular weight excluding hydrogens is 272 g/mol. The molecule has 1 aliphatic carbocycles. The Hall–Kier alpha value is -1.71. The third kappa shape index (κ3) is 3.37. The Morgan fingerprint density at radius 2 is 2.18 bits per heavy atom. The van der Waals surface area contributed by atoms with Crippen LogP contribution in [-0.2, 0) is 13.0 Å². The number of aromatic nitrogens is 4. The van der Waals surface area contributed by atoms with Crippen molar-refractivity contribution in [2.45, 2.75) is 53.0 Å². The van der Waals surface area contributed by atoms with E-state index in [9.17, 15) is 0 Å². The van der Waals surface area contributed by atoms with E-state index in [1.807, 2.05) is 18.3 Å². The van der Waals surface area contributed by atoms with Gasteiger partial charge < -0.3 is 0 Å². The van der Waals surface area contributed by atoms with Gasteiger partial charge in [0.2, 0.25) is 0 Å². The molecule has 22 heavy (non-hydrogen) atoms. The Morgan fingerprint density at radius 1 is 1.36 bits per heavy atom. The summed E-state index contributed by atoms with van der Waals surface area (Å²) in [4.78, 5) is 9.00. The van der Waals surface area contributed by atoms with Crippen LogP contribution in [0.2, 0.25) is 0 Å². The number of hydrogen-bond donors (Lipinski definition) is 0. The summed E-state index contributed by atoms with van der Waals surface area (Å²) in [5, 5.41) is 4.78. The van der Waals surface area contributed by atoms with Crippen molar-refractivity contribution in [3.8, 4) is 11.4 Å². The molecular formula is C18H26N4. The van der Waals surface area contributed by atoms with Gasteiger partial charge in [0.15, 0.2) is 5.82 Å². The monoisotopic (exact) mass is 298 g/mol. The Bertz CT molecular complexity index is 599. The van der Waals surface area contributed by atoms with Gasteiger partial charge in [-0.3, -0.25) is 4.98 Å². The van der Waals surface area contributed by atoms with Gasteiger partial charge in [0.05, 0.1) is 0 Å². The first-order valence-electron chi connectivity index (χ1n) is 8.49. The maximum atomic E-state index is 4.81. The van der Waals surface area contributed by atoms with Crippen LogP contribution in [0.5, 0.6) is 0 Å². The van der Waals surface area contributed by atoms with E-state index in [-0.39, 0.29) is 0 Å². The van der Waals surface area contributed by atoms with Gasteiger partial charge in [0.1, 0.15) is 5.82 Å². The molecule has 3 rings (SSSR count). The summed E-state index contributed by atoms with van der Waals surface area (Å²) >= 11 is 0. The normalized spacial score (nSPS) is 22.3. The molecule has 0 spiro atoms. The van der Waals surface area contributed by atoms with E-state index in [1.165, 1.54) is 19.3 Å². The zero-order valence-corrected chi connectivity index (χ0v) is 13.9. The Labute approximate surface area is 133 Å². The van der Waals surface area contributed by atoms with Crippen LogP contribution in [0.1, 0.15) is 45.9 Å². The summed E-state index contributed by atoms with van der Waals surface area (Å²) in [5.74, 6) is 4.25. The van der Waals surface area contributed by atoms with Gasteiger partial charge >= 0.3 is 0 Å². The molecule has 1 aliphatic rings. The molecule has 0 saturated heterocycles. The van der Waals surface area contributed by atoms with Crippen LogP contribution in [0.4, 0.5) is 0 Å². The van der Waals surface area contributed by atoms with Crippen molar-refractivity contribution in [1.82, 2.24) is 19.7 Å². The molecule has 1 saturated carbocycles. The molecule has 2 heterocycles. The van der Waals surface area contributed by atoms with Gasteiger partial charge in [-0.1, -0.05) is 27.2 Å². The summed E-state index contributed by atoms with van der Waals surface area (Å²) in [6.07, 6.45) is 8.46. The Balaban J connectivity index is 1.83. The highest BCUT2D eigenvalue weighted by Crippen LogP contribution is 2.34. The van der Waals surface area contributed by atoms with Crippen LogP contribution < -0.4 is 0 Å². The van der Waals surface area contributed by atoms with Gasteiger partial charge in [0, 0.05) is 30.9 Å². The van der Waals surface area contributed by atoms with Crippen molar-refractivity contribution in [3.05, 3.63) is 30.4 Å². The van der Waals surface area contributed by atoms with Gasteiger partial charge in [-0.2, -0.15) is 5.10 Å². The van der Waals surface area contributed by atoms with Crippen LogP contribution in [0, 0.1) is 17.8 Å². The summed E-state index contributed by atoms with van der Waals surface area (Å²) in [6, 6.07) is 3.98. The highest BCUT2D eigenvalue weighted by Gasteiger charge is 2.27. The fourth-order valence-corrected chi connectivity index (χ4v) is 3.21. The molecule has 4 nitrogen and oxygen atoms in total. The van der Waals surface area contributed by atoms with E-state index in [2.05, 4.69) is 30.4 Å². The lowest BCUT2D eigenvalue weighted by Gasteiger charge is -2.32. The van der Waals surface area contributed by atoms with Crippen LogP contribution in [0.15, 0.2) is 24.5 Å². The molecule has 2 aromatic rings. The second-order valence-corrected chi connectivity index (χ2v) is 6.94. The number of nitrogens with zero attached hydrogens (tertiary/aromatic N) is 4. The molecule has 0 radical (unpaired) electrons. The van der Waals surface area contributed by atoms with E-state index in [4.69, 9.17) is 10.1 Å². The average molecular weight is 298 g/mol. The zero-order chi connectivity index (χ0) is 15.5. The predicted molar refractivity (Wildman–Crippen MR) is 88.3 cm³/mol.